The molecule has 40 heavy (non-hydrogen) atoms. The molecule has 0 aliphatic carbocycles. The molecule has 2 atom stereocenters. The molecular weight excluding hydrogens is 551 g/mol. The van der Waals surface area contributed by atoms with Gasteiger partial charge in [-0.3, -0.25) is 9.59 Å². The molecule has 1 saturated heterocycles. The predicted molar refractivity (Wildman–Crippen MR) is 154 cm³/mol. The molecule has 2 heterocycles. The molecule has 0 radical (unpaired) electrons. The van der Waals surface area contributed by atoms with Gasteiger partial charge >= 0.3 is 11.9 Å². The first-order valence-electron chi connectivity index (χ1n) is 13.1. The second kappa shape index (κ2) is 11.5. The standard InChI is InChI=1S/C31H28ClFN2O4S/c32-23-6-3-5-22(17-23)19-35(29(38)26-20-40-27-8-2-1-7-25(26)27)16-14-31(35,18-21-10-12-24(33)13-11-21)30(39)34-15-4-9-28(36)37/h1-3,5-8,10-13,17,20H,4,9,14-16,18-19H2,(H-,34,36,37,39)/p+1. The number of nitrogens with one attached hydrogen (secondary N) is 1. The van der Waals surface area contributed by atoms with E-state index in [0.29, 0.717) is 23.6 Å². The Labute approximate surface area is 240 Å². The van der Waals surface area contributed by atoms with Gasteiger partial charge < -0.3 is 10.4 Å². The SMILES string of the molecule is O=C(O)CCCNC(=O)C1(Cc2ccc(F)cc2)CC[N+]1(Cc1cccc(Cl)c1)C(=O)c1csc2ccccc12. The fourth-order valence-electron chi connectivity index (χ4n) is 5.74. The number of hydrogen-bond acceptors (Lipinski definition) is 4. The summed E-state index contributed by atoms with van der Waals surface area (Å²) in [5, 5.41) is 15.2. The van der Waals surface area contributed by atoms with Crippen molar-refractivity contribution >= 4 is 50.8 Å². The van der Waals surface area contributed by atoms with Crippen LogP contribution >= 0.6 is 22.9 Å². The van der Waals surface area contributed by atoms with Gasteiger partial charge in [-0.25, -0.2) is 13.7 Å². The second-order valence-electron chi connectivity index (χ2n) is 10.3. The maximum atomic E-state index is 14.7. The third-order valence-corrected chi connectivity index (χ3v) is 9.05. The minimum absolute atomic E-state index is 0.0758. The summed E-state index contributed by atoms with van der Waals surface area (Å²) >= 11 is 7.81. The summed E-state index contributed by atoms with van der Waals surface area (Å²) in [7, 11) is 0. The van der Waals surface area contributed by atoms with E-state index in [4.69, 9.17) is 16.7 Å². The van der Waals surface area contributed by atoms with Gasteiger partial charge in [-0.1, -0.05) is 54.1 Å². The molecule has 0 saturated carbocycles. The molecule has 206 valence electrons. The maximum Gasteiger partial charge on any atom is 0.348 e. The van der Waals surface area contributed by atoms with Crippen molar-refractivity contribution in [1.29, 1.82) is 0 Å². The van der Waals surface area contributed by atoms with Crippen molar-refractivity contribution in [3.63, 3.8) is 0 Å². The third-order valence-electron chi connectivity index (χ3n) is 7.85. The van der Waals surface area contributed by atoms with E-state index in [1.54, 1.807) is 18.2 Å². The Morgan fingerprint density at radius 3 is 2.50 bits per heavy atom. The summed E-state index contributed by atoms with van der Waals surface area (Å²) in [6, 6.07) is 21.0. The van der Waals surface area contributed by atoms with Gasteiger partial charge in [0.2, 0.25) is 0 Å². The molecule has 2 amide bonds. The van der Waals surface area contributed by atoms with Crippen molar-refractivity contribution in [2.24, 2.45) is 0 Å². The van der Waals surface area contributed by atoms with Crippen molar-refractivity contribution in [1.82, 2.24) is 5.32 Å². The van der Waals surface area contributed by atoms with Crippen LogP contribution in [0, 0.1) is 5.82 Å². The smallest absolute Gasteiger partial charge is 0.348 e. The third kappa shape index (κ3) is 5.27. The van der Waals surface area contributed by atoms with Crippen LogP contribution in [0.4, 0.5) is 4.39 Å². The molecule has 0 spiro atoms. The van der Waals surface area contributed by atoms with Crippen LogP contribution in [0.1, 0.15) is 40.7 Å². The molecule has 9 heteroatoms. The van der Waals surface area contributed by atoms with E-state index in [1.807, 2.05) is 47.8 Å². The van der Waals surface area contributed by atoms with Gasteiger partial charge in [0.05, 0.1) is 18.5 Å². The van der Waals surface area contributed by atoms with Crippen molar-refractivity contribution < 1.29 is 28.4 Å². The average Bonchev–Trinajstić information content (AvgIpc) is 3.37. The number of fused-ring (bicyclic) bond motifs is 1. The summed E-state index contributed by atoms with van der Waals surface area (Å²) in [4.78, 5) is 39.9. The van der Waals surface area contributed by atoms with E-state index < -0.39 is 11.5 Å². The summed E-state index contributed by atoms with van der Waals surface area (Å²) < 4.78 is 14.6. The fourth-order valence-corrected chi connectivity index (χ4v) is 6.89. The second-order valence-corrected chi connectivity index (χ2v) is 11.6. The molecule has 0 bridgehead atoms. The number of thiophene rings is 1. The number of nitrogens with zero attached hydrogens (tertiary/aromatic N) is 1. The minimum atomic E-state index is -1.19. The highest BCUT2D eigenvalue weighted by molar-refractivity contribution is 7.17. The van der Waals surface area contributed by atoms with Gasteiger partial charge in [0.25, 0.3) is 5.91 Å². The van der Waals surface area contributed by atoms with E-state index in [2.05, 4.69) is 5.32 Å². The highest BCUT2D eigenvalue weighted by Crippen LogP contribution is 2.47. The number of hydrogen-bond donors (Lipinski definition) is 2. The number of rotatable bonds is 10. The monoisotopic (exact) mass is 579 g/mol. The zero-order valence-electron chi connectivity index (χ0n) is 21.7. The Morgan fingerprint density at radius 1 is 1.02 bits per heavy atom. The Balaban J connectivity index is 1.61. The van der Waals surface area contributed by atoms with Crippen molar-refractivity contribution in [3.05, 3.63) is 106 Å². The van der Waals surface area contributed by atoms with Crippen LogP contribution in [0.2, 0.25) is 5.02 Å². The maximum absolute atomic E-state index is 14.7. The molecule has 1 aromatic heterocycles. The first kappa shape index (κ1) is 28.0. The molecule has 3 aromatic carbocycles. The molecule has 1 aliphatic heterocycles. The highest BCUT2D eigenvalue weighted by atomic mass is 35.5. The number of carboxylic acids is 1. The summed E-state index contributed by atoms with van der Waals surface area (Å²) in [5.41, 5.74) is 0.925. The zero-order valence-corrected chi connectivity index (χ0v) is 23.3. The molecular formula is C31H29ClFN2O4S+. The molecule has 2 N–H and O–H groups in total. The highest BCUT2D eigenvalue weighted by Gasteiger charge is 2.68. The molecule has 1 aliphatic rings. The Bertz CT molecular complexity index is 1570. The Hall–Kier alpha value is -3.59. The Morgan fingerprint density at radius 2 is 1.80 bits per heavy atom. The van der Waals surface area contributed by atoms with Crippen molar-refractivity contribution in [2.45, 2.75) is 37.8 Å². The van der Waals surface area contributed by atoms with E-state index in [-0.39, 0.29) is 54.5 Å². The predicted octanol–water partition coefficient (Wildman–Crippen LogP) is 6.22. The van der Waals surface area contributed by atoms with E-state index in [1.165, 1.54) is 23.5 Å². The van der Waals surface area contributed by atoms with E-state index in [0.717, 1.165) is 21.2 Å². The lowest BCUT2D eigenvalue weighted by Gasteiger charge is -2.57. The molecule has 2 unspecified atom stereocenters. The van der Waals surface area contributed by atoms with Gasteiger partial charge in [0.15, 0.2) is 5.54 Å². The van der Waals surface area contributed by atoms with Gasteiger partial charge in [0.1, 0.15) is 12.4 Å². The van der Waals surface area contributed by atoms with E-state index in [9.17, 15) is 18.8 Å². The zero-order chi connectivity index (χ0) is 28.3. The number of carbonyl (C=O) groups is 3. The minimum Gasteiger partial charge on any atom is -0.481 e. The van der Waals surface area contributed by atoms with Crippen LogP contribution in [0.25, 0.3) is 10.1 Å². The van der Waals surface area contributed by atoms with Gasteiger partial charge in [-0.15, -0.1) is 11.3 Å². The molecule has 5 rings (SSSR count). The van der Waals surface area contributed by atoms with Crippen molar-refractivity contribution in [3.8, 4) is 0 Å². The number of halogens is 2. The van der Waals surface area contributed by atoms with Gasteiger partial charge in [0, 0.05) is 45.4 Å². The van der Waals surface area contributed by atoms with E-state index >= 15 is 0 Å². The summed E-state index contributed by atoms with van der Waals surface area (Å²) in [6.07, 6.45) is 0.842. The summed E-state index contributed by atoms with van der Waals surface area (Å²) in [6.45, 7) is 0.843. The van der Waals surface area contributed by atoms with Crippen LogP contribution in [0.3, 0.4) is 0 Å². The Kier molecular flexibility index (Phi) is 8.03. The normalized spacial score (nSPS) is 20.1. The van der Waals surface area contributed by atoms with Crippen LogP contribution in [-0.4, -0.2) is 46.0 Å². The van der Waals surface area contributed by atoms with Gasteiger partial charge in [-0.05, 0) is 42.3 Å². The topological polar surface area (TPSA) is 83.5 Å². The number of amides is 2. The number of aliphatic carboxylic acids is 1. The van der Waals surface area contributed by atoms with Crippen LogP contribution in [0.15, 0.2) is 78.2 Å². The molecule has 1 fully saturated rings. The lowest BCUT2D eigenvalue weighted by Crippen LogP contribution is -2.81. The van der Waals surface area contributed by atoms with Crippen LogP contribution in [0.5, 0.6) is 0 Å². The van der Waals surface area contributed by atoms with Crippen LogP contribution < -0.4 is 5.32 Å². The lowest BCUT2D eigenvalue weighted by molar-refractivity contribution is -0.946. The quantitative estimate of drug-likeness (QED) is 0.173. The van der Waals surface area contributed by atoms with Crippen molar-refractivity contribution in [2.75, 3.05) is 13.1 Å². The number of benzene rings is 3. The molecule has 6 nitrogen and oxygen atoms in total. The molecule has 4 aromatic rings. The first-order valence-corrected chi connectivity index (χ1v) is 14.4. The number of carbonyl (C=O) groups excluding carboxylic acids is 2. The number of likely N-dealkylation sites (tertiary alicyclic amines) is 1. The summed E-state index contributed by atoms with van der Waals surface area (Å²) in [5.74, 6) is -1.80. The number of quaternary nitrogens is 1. The number of carboxylic acid groups (broad SMARTS) is 1. The average molecular weight is 580 g/mol. The first-order chi connectivity index (χ1) is 19.2. The van der Waals surface area contributed by atoms with Gasteiger partial charge in [-0.2, -0.15) is 0 Å². The lowest BCUT2D eigenvalue weighted by atomic mass is 9.73. The largest absolute Gasteiger partial charge is 0.481 e. The van der Waals surface area contributed by atoms with Crippen LogP contribution in [-0.2, 0) is 22.6 Å². The fraction of sp³-hybridized carbons (Fsp3) is 0.258.